The molecule has 0 heterocycles. The second-order valence-electron chi connectivity index (χ2n) is 7.43. The number of halogens is 1. The van der Waals surface area contributed by atoms with Crippen molar-refractivity contribution in [3.63, 3.8) is 0 Å². The molecule has 1 aliphatic rings. The van der Waals surface area contributed by atoms with Gasteiger partial charge in [0.25, 0.3) is 5.91 Å². The van der Waals surface area contributed by atoms with Crippen LogP contribution in [0.25, 0.3) is 5.57 Å². The molecule has 1 aliphatic carbocycles. The molecule has 0 saturated heterocycles. The number of nitrogens with one attached hydrogen (secondary N) is 2. The van der Waals surface area contributed by atoms with Crippen LogP contribution in [-0.2, 0) is 0 Å². The predicted octanol–water partition coefficient (Wildman–Crippen LogP) is 3.92. The van der Waals surface area contributed by atoms with Crippen molar-refractivity contribution in [3.05, 3.63) is 83.4 Å². The summed E-state index contributed by atoms with van der Waals surface area (Å²) >= 11 is 11.9. The molecule has 0 radical (unpaired) electrons. The fraction of sp³-hybridized carbons (Fsp3) is 0.174. The maximum atomic E-state index is 12.8. The first-order valence-electron chi connectivity index (χ1n) is 9.46. The molecular formula is C23H22ClN3O3S. The third kappa shape index (κ3) is 4.54. The molecule has 2 atom stereocenters. The van der Waals surface area contributed by atoms with Crippen LogP contribution in [0.3, 0.4) is 0 Å². The summed E-state index contributed by atoms with van der Waals surface area (Å²) < 4.78 is 0. The fourth-order valence-corrected chi connectivity index (χ4v) is 3.90. The van der Waals surface area contributed by atoms with Crippen molar-refractivity contribution in [1.82, 2.24) is 5.32 Å². The zero-order valence-corrected chi connectivity index (χ0v) is 18.6. The number of allylic oxidation sites excluding steroid dienone is 2. The van der Waals surface area contributed by atoms with Crippen molar-refractivity contribution >= 4 is 52.0 Å². The van der Waals surface area contributed by atoms with E-state index in [9.17, 15) is 14.7 Å². The first-order chi connectivity index (χ1) is 14.5. The molecule has 0 bridgehead atoms. The maximum Gasteiger partial charge on any atom is 0.317 e. The van der Waals surface area contributed by atoms with Crippen LogP contribution < -0.4 is 16.4 Å². The summed E-state index contributed by atoms with van der Waals surface area (Å²) in [5.41, 5.74) is 6.84. The van der Waals surface area contributed by atoms with Crippen LogP contribution in [0.2, 0.25) is 0 Å². The Hall–Kier alpha value is -3.00. The predicted molar refractivity (Wildman–Crippen MR) is 127 cm³/mol. The topological polar surface area (TPSA) is 104 Å². The lowest BCUT2D eigenvalue weighted by atomic mass is 9.80. The number of benzene rings is 2. The first-order valence-corrected chi connectivity index (χ1v) is 10.2. The number of primary amides is 1. The van der Waals surface area contributed by atoms with Gasteiger partial charge in [-0.15, -0.1) is 11.6 Å². The Bertz CT molecular complexity index is 1130. The average molecular weight is 456 g/mol. The standard InChI is InChI=1S/C23H22ClN3O3S/c1-14-7-3-4-8-16(14)19(28)26-18-10-6-5-9-17(18)15-11-12-22(2,30)23(24,13-15)20(31)27-21(25)29/h3-13,30H,1-2H3,(H,26,28)(H3,25,27,29,31). The number of anilines is 1. The Kier molecular flexibility index (Phi) is 6.31. The number of thiocarbonyl (C=S) groups is 1. The van der Waals surface area contributed by atoms with E-state index in [1.54, 1.807) is 36.4 Å². The van der Waals surface area contributed by atoms with Gasteiger partial charge in [0.2, 0.25) is 0 Å². The minimum Gasteiger partial charge on any atom is -0.383 e. The minimum atomic E-state index is -1.63. The van der Waals surface area contributed by atoms with Crippen molar-refractivity contribution in [1.29, 1.82) is 0 Å². The van der Waals surface area contributed by atoms with Crippen molar-refractivity contribution in [3.8, 4) is 0 Å². The Morgan fingerprint density at radius 2 is 1.77 bits per heavy atom. The van der Waals surface area contributed by atoms with Crippen LogP contribution in [0.15, 0.2) is 66.8 Å². The van der Waals surface area contributed by atoms with Crippen molar-refractivity contribution < 1.29 is 14.7 Å². The lowest BCUT2D eigenvalue weighted by Crippen LogP contribution is -2.57. The van der Waals surface area contributed by atoms with Gasteiger partial charge in [-0.2, -0.15) is 0 Å². The molecule has 0 aromatic heterocycles. The van der Waals surface area contributed by atoms with Crippen LogP contribution >= 0.6 is 23.8 Å². The number of carbonyl (C=O) groups excluding carboxylic acids is 2. The van der Waals surface area contributed by atoms with Gasteiger partial charge in [0.1, 0.15) is 15.5 Å². The summed E-state index contributed by atoms with van der Waals surface area (Å²) in [5, 5.41) is 16.0. The first kappa shape index (κ1) is 22.7. The summed E-state index contributed by atoms with van der Waals surface area (Å²) in [5.74, 6) is -0.249. The van der Waals surface area contributed by atoms with Gasteiger partial charge in [0, 0.05) is 16.8 Å². The molecule has 3 rings (SSSR count). The molecule has 3 amide bonds. The lowest BCUT2D eigenvalue weighted by Gasteiger charge is -2.39. The van der Waals surface area contributed by atoms with E-state index in [4.69, 9.17) is 29.6 Å². The van der Waals surface area contributed by atoms with Gasteiger partial charge in [-0.25, -0.2) is 4.79 Å². The number of alkyl halides is 1. The second-order valence-corrected chi connectivity index (χ2v) is 8.43. The highest BCUT2D eigenvalue weighted by molar-refractivity contribution is 7.80. The number of hydrogen-bond acceptors (Lipinski definition) is 4. The summed E-state index contributed by atoms with van der Waals surface area (Å²) in [4.78, 5) is 22.4. The highest BCUT2D eigenvalue weighted by Gasteiger charge is 2.48. The third-order valence-corrected chi connectivity index (χ3v) is 6.34. The Labute approximate surface area is 190 Å². The second kappa shape index (κ2) is 8.63. The van der Waals surface area contributed by atoms with E-state index < -0.39 is 16.5 Å². The van der Waals surface area contributed by atoms with Gasteiger partial charge in [0.05, 0.1) is 0 Å². The molecule has 0 spiro atoms. The number of nitrogens with two attached hydrogens (primary N) is 1. The number of aryl methyl sites for hydroxylation is 1. The highest BCUT2D eigenvalue weighted by atomic mass is 35.5. The van der Waals surface area contributed by atoms with Crippen molar-refractivity contribution in [2.24, 2.45) is 5.73 Å². The van der Waals surface area contributed by atoms with Crippen molar-refractivity contribution in [2.45, 2.75) is 24.3 Å². The van der Waals surface area contributed by atoms with Gasteiger partial charge in [0.15, 0.2) is 0 Å². The van der Waals surface area contributed by atoms with E-state index in [0.717, 1.165) is 5.56 Å². The number of aliphatic hydroxyl groups is 1. The van der Waals surface area contributed by atoms with Gasteiger partial charge in [-0.1, -0.05) is 60.8 Å². The molecule has 0 aliphatic heterocycles. The Morgan fingerprint density at radius 3 is 2.45 bits per heavy atom. The average Bonchev–Trinajstić information content (AvgIpc) is 2.70. The zero-order chi connectivity index (χ0) is 22.8. The summed E-state index contributed by atoms with van der Waals surface area (Å²) in [6, 6.07) is 13.6. The smallest absolute Gasteiger partial charge is 0.317 e. The monoisotopic (exact) mass is 455 g/mol. The number of amides is 3. The van der Waals surface area contributed by atoms with Crippen LogP contribution in [0.4, 0.5) is 10.5 Å². The third-order valence-electron chi connectivity index (χ3n) is 5.12. The molecule has 2 unspecified atom stereocenters. The van der Waals surface area contributed by atoms with Crippen LogP contribution in [0, 0.1) is 6.92 Å². The van der Waals surface area contributed by atoms with Crippen LogP contribution in [-0.4, -0.2) is 32.5 Å². The summed E-state index contributed by atoms with van der Waals surface area (Å²) in [6.07, 6.45) is 4.72. The number of rotatable bonds is 4. The molecular weight excluding hydrogens is 434 g/mol. The molecule has 31 heavy (non-hydrogen) atoms. The fourth-order valence-electron chi connectivity index (χ4n) is 3.31. The lowest BCUT2D eigenvalue weighted by molar-refractivity contribution is 0.101. The van der Waals surface area contributed by atoms with Crippen LogP contribution in [0.5, 0.6) is 0 Å². The van der Waals surface area contributed by atoms with E-state index >= 15 is 0 Å². The molecule has 0 saturated carbocycles. The molecule has 160 valence electrons. The molecule has 2 aromatic rings. The summed E-state index contributed by atoms with van der Waals surface area (Å²) in [6.45, 7) is 3.34. The number of para-hydroxylation sites is 1. The van der Waals surface area contributed by atoms with E-state index in [1.165, 1.54) is 13.0 Å². The van der Waals surface area contributed by atoms with Gasteiger partial charge in [-0.3, -0.25) is 4.79 Å². The van der Waals surface area contributed by atoms with Crippen LogP contribution in [0.1, 0.15) is 28.4 Å². The van der Waals surface area contributed by atoms with E-state index in [-0.39, 0.29) is 10.9 Å². The van der Waals surface area contributed by atoms with Crippen molar-refractivity contribution in [2.75, 3.05) is 5.32 Å². The molecule has 5 N–H and O–H groups in total. The largest absolute Gasteiger partial charge is 0.383 e. The van der Waals surface area contributed by atoms with Gasteiger partial charge < -0.3 is 21.5 Å². The molecule has 2 aromatic carbocycles. The number of urea groups is 1. The maximum absolute atomic E-state index is 12.8. The Balaban J connectivity index is 2.01. The summed E-state index contributed by atoms with van der Waals surface area (Å²) in [7, 11) is 0. The minimum absolute atomic E-state index is 0.130. The van der Waals surface area contributed by atoms with E-state index in [0.29, 0.717) is 22.4 Å². The van der Waals surface area contributed by atoms with E-state index in [1.807, 2.05) is 31.2 Å². The number of hydrogen-bond donors (Lipinski definition) is 4. The quantitative estimate of drug-likeness (QED) is 0.414. The van der Waals surface area contributed by atoms with Gasteiger partial charge >= 0.3 is 6.03 Å². The van der Waals surface area contributed by atoms with E-state index in [2.05, 4.69) is 10.6 Å². The highest BCUT2D eigenvalue weighted by Crippen LogP contribution is 2.41. The number of carbonyl (C=O) groups is 2. The SMILES string of the molecule is Cc1ccccc1C(=O)Nc1ccccc1C1=CC(Cl)(C(=S)NC(N)=O)C(C)(O)C=C1. The zero-order valence-electron chi connectivity index (χ0n) is 17.0. The molecule has 6 nitrogen and oxygen atoms in total. The van der Waals surface area contributed by atoms with Gasteiger partial charge in [-0.05, 0) is 43.2 Å². The Morgan fingerprint density at radius 1 is 1.13 bits per heavy atom. The molecule has 8 heteroatoms. The normalized spacial score (nSPS) is 22.4. The molecule has 0 fully saturated rings.